The van der Waals surface area contributed by atoms with Crippen LogP contribution in [0.15, 0.2) is 60.8 Å². The lowest BCUT2D eigenvalue weighted by Gasteiger charge is -2.18. The molecule has 0 saturated heterocycles. The maximum atomic E-state index is 12.2. The van der Waals surface area contributed by atoms with E-state index in [1.807, 2.05) is 18.2 Å². The largest absolute Gasteiger partial charge is 0.439 e. The van der Waals surface area contributed by atoms with E-state index in [1.165, 1.54) is 13.1 Å². The van der Waals surface area contributed by atoms with Crippen LogP contribution in [0.5, 0.6) is 11.6 Å². The number of aryl methyl sites for hydroxylation is 1. The zero-order valence-corrected chi connectivity index (χ0v) is 19.0. The van der Waals surface area contributed by atoms with Gasteiger partial charge < -0.3 is 20.1 Å². The molecule has 2 amide bonds. The third kappa shape index (κ3) is 5.83. The first kappa shape index (κ1) is 22.6. The van der Waals surface area contributed by atoms with Crippen LogP contribution in [0.3, 0.4) is 0 Å². The van der Waals surface area contributed by atoms with E-state index in [-0.39, 0.29) is 5.97 Å². The van der Waals surface area contributed by atoms with Crippen molar-refractivity contribution < 1.29 is 19.1 Å². The number of allylic oxidation sites excluding steroid dienone is 1. The molecule has 1 aliphatic rings. The maximum absolute atomic E-state index is 12.2. The zero-order valence-electron chi connectivity index (χ0n) is 17.5. The van der Waals surface area contributed by atoms with E-state index in [4.69, 9.17) is 32.7 Å². The molecule has 0 aliphatic heterocycles. The highest BCUT2D eigenvalue weighted by Gasteiger charge is 2.16. The van der Waals surface area contributed by atoms with Gasteiger partial charge in [0.1, 0.15) is 11.5 Å². The van der Waals surface area contributed by atoms with Gasteiger partial charge in [0.15, 0.2) is 0 Å². The van der Waals surface area contributed by atoms with Gasteiger partial charge in [-0.05, 0) is 66.9 Å². The number of anilines is 2. The van der Waals surface area contributed by atoms with Crippen molar-refractivity contribution in [2.24, 2.45) is 0 Å². The van der Waals surface area contributed by atoms with Crippen molar-refractivity contribution in [3.8, 4) is 11.6 Å². The van der Waals surface area contributed by atoms with Gasteiger partial charge in [0.05, 0.1) is 21.9 Å². The summed E-state index contributed by atoms with van der Waals surface area (Å²) in [7, 11) is 0. The second-order valence-corrected chi connectivity index (χ2v) is 8.03. The highest BCUT2D eigenvalue weighted by atomic mass is 35.5. The molecule has 168 valence electrons. The minimum absolute atomic E-state index is 0.346. The normalized spacial score (nSPS) is 12.3. The number of benzene rings is 2. The van der Waals surface area contributed by atoms with E-state index < -0.39 is 6.03 Å². The van der Waals surface area contributed by atoms with Crippen LogP contribution in [0.1, 0.15) is 24.5 Å². The lowest BCUT2D eigenvalue weighted by molar-refractivity contribution is -0.134. The van der Waals surface area contributed by atoms with Gasteiger partial charge in [-0.2, -0.15) is 0 Å². The Labute approximate surface area is 200 Å². The summed E-state index contributed by atoms with van der Waals surface area (Å²) in [4.78, 5) is 27.7. The fourth-order valence-electron chi connectivity index (χ4n) is 3.30. The highest BCUT2D eigenvalue weighted by molar-refractivity contribution is 6.42. The number of esters is 1. The molecule has 1 aromatic heterocycles. The van der Waals surface area contributed by atoms with Crippen LogP contribution in [-0.4, -0.2) is 17.0 Å². The van der Waals surface area contributed by atoms with Crippen molar-refractivity contribution >= 4 is 52.3 Å². The van der Waals surface area contributed by atoms with Crippen molar-refractivity contribution in [3.05, 3.63) is 82.0 Å². The fourth-order valence-corrected chi connectivity index (χ4v) is 3.60. The number of halogens is 2. The van der Waals surface area contributed by atoms with Crippen LogP contribution in [0.25, 0.3) is 5.76 Å². The molecule has 4 rings (SSSR count). The number of hydrogen-bond donors (Lipinski definition) is 2. The summed E-state index contributed by atoms with van der Waals surface area (Å²) in [6.45, 7) is 1.38. The van der Waals surface area contributed by atoms with Crippen LogP contribution >= 0.6 is 23.2 Å². The summed E-state index contributed by atoms with van der Waals surface area (Å²) in [6, 6.07) is 13.2. The topological polar surface area (TPSA) is 89.5 Å². The number of pyridine rings is 1. The number of carbonyl (C=O) groups is 2. The molecule has 0 bridgehead atoms. The third-order valence-electron chi connectivity index (χ3n) is 4.73. The molecule has 2 N–H and O–H groups in total. The molecule has 0 radical (unpaired) electrons. The molecule has 0 fully saturated rings. The molecular weight excluding hydrogens is 465 g/mol. The molecule has 2 aromatic carbocycles. The molecule has 33 heavy (non-hydrogen) atoms. The summed E-state index contributed by atoms with van der Waals surface area (Å²) >= 11 is 11.8. The monoisotopic (exact) mass is 483 g/mol. The van der Waals surface area contributed by atoms with E-state index in [0.29, 0.717) is 38.8 Å². The van der Waals surface area contributed by atoms with E-state index in [2.05, 4.69) is 15.6 Å². The Morgan fingerprint density at radius 1 is 0.970 bits per heavy atom. The molecule has 1 aliphatic carbocycles. The Hall–Kier alpha value is -3.55. The minimum atomic E-state index is -0.449. The number of ether oxygens (including phenoxy) is 2. The lowest BCUT2D eigenvalue weighted by atomic mass is 9.95. The lowest BCUT2D eigenvalue weighted by Crippen LogP contribution is -2.19. The van der Waals surface area contributed by atoms with Gasteiger partial charge in [0.25, 0.3) is 0 Å². The Morgan fingerprint density at radius 3 is 2.48 bits per heavy atom. The molecule has 9 heteroatoms. The van der Waals surface area contributed by atoms with Crippen LogP contribution < -0.4 is 15.4 Å². The highest BCUT2D eigenvalue weighted by Crippen LogP contribution is 2.32. The van der Waals surface area contributed by atoms with Gasteiger partial charge in [-0.3, -0.25) is 4.79 Å². The van der Waals surface area contributed by atoms with E-state index >= 15 is 0 Å². The quantitative estimate of drug-likeness (QED) is 0.395. The molecule has 3 aromatic rings. The van der Waals surface area contributed by atoms with Gasteiger partial charge in [-0.1, -0.05) is 23.2 Å². The van der Waals surface area contributed by atoms with Gasteiger partial charge in [0, 0.05) is 24.2 Å². The van der Waals surface area contributed by atoms with Crippen LogP contribution in [0.4, 0.5) is 16.2 Å². The molecule has 7 nitrogen and oxygen atoms in total. The minimum Gasteiger partial charge on any atom is -0.439 e. The fraction of sp³-hybridized carbons (Fsp3) is 0.125. The van der Waals surface area contributed by atoms with Crippen molar-refractivity contribution in [1.82, 2.24) is 4.98 Å². The summed E-state index contributed by atoms with van der Waals surface area (Å²) in [5.74, 6) is 1.21. The van der Waals surface area contributed by atoms with E-state index in [9.17, 15) is 9.59 Å². The van der Waals surface area contributed by atoms with E-state index in [0.717, 1.165) is 24.0 Å². The number of aromatic nitrogens is 1. The van der Waals surface area contributed by atoms with Crippen molar-refractivity contribution in [2.75, 3.05) is 10.6 Å². The molecule has 0 atom stereocenters. The second-order valence-electron chi connectivity index (χ2n) is 7.21. The predicted molar refractivity (Wildman–Crippen MR) is 128 cm³/mol. The average molecular weight is 484 g/mol. The smallest absolute Gasteiger partial charge is 0.323 e. The SMILES string of the molecule is CC(=O)OC1=CCCc2cc(Oc3ccc(NC(=O)Nc4ccc(Cl)c(Cl)c4)cn3)ccc21. The Balaban J connectivity index is 1.38. The first-order valence-electron chi connectivity index (χ1n) is 10.1. The van der Waals surface area contributed by atoms with Gasteiger partial charge >= 0.3 is 12.0 Å². The second kappa shape index (κ2) is 9.94. The number of rotatable bonds is 5. The Bertz CT molecular complexity index is 1240. The summed E-state index contributed by atoms with van der Waals surface area (Å²) in [6.07, 6.45) is 5.00. The first-order chi connectivity index (χ1) is 15.9. The average Bonchev–Trinajstić information content (AvgIpc) is 2.77. The summed E-state index contributed by atoms with van der Waals surface area (Å²) in [5, 5.41) is 6.11. The number of fused-ring (bicyclic) bond motifs is 1. The molecular formula is C24H19Cl2N3O4. The molecule has 0 spiro atoms. The summed E-state index contributed by atoms with van der Waals surface area (Å²) < 4.78 is 11.1. The molecule has 0 saturated carbocycles. The van der Waals surface area contributed by atoms with Crippen molar-refractivity contribution in [1.29, 1.82) is 0 Å². The number of nitrogens with one attached hydrogen (secondary N) is 2. The van der Waals surface area contributed by atoms with Crippen molar-refractivity contribution in [3.63, 3.8) is 0 Å². The third-order valence-corrected chi connectivity index (χ3v) is 5.47. The standard InChI is InChI=1S/C24H19Cl2N3O4/c1-14(30)32-22-4-2-3-15-11-18(7-8-19(15)22)33-23-10-6-17(13-27-23)29-24(31)28-16-5-9-20(25)21(26)12-16/h4-13H,2-3H2,1H3,(H2,28,29,31). The maximum Gasteiger partial charge on any atom is 0.323 e. The van der Waals surface area contributed by atoms with Gasteiger partial charge in [-0.25, -0.2) is 9.78 Å². The van der Waals surface area contributed by atoms with Crippen LogP contribution in [0, 0.1) is 0 Å². The van der Waals surface area contributed by atoms with Gasteiger partial charge in [-0.15, -0.1) is 0 Å². The number of amides is 2. The zero-order chi connectivity index (χ0) is 23.4. The Kier molecular flexibility index (Phi) is 6.82. The van der Waals surface area contributed by atoms with Gasteiger partial charge in [0.2, 0.25) is 5.88 Å². The molecule has 1 heterocycles. The summed E-state index contributed by atoms with van der Waals surface area (Å²) in [5.41, 5.74) is 2.91. The number of nitrogens with zero attached hydrogens (tertiary/aromatic N) is 1. The van der Waals surface area contributed by atoms with E-state index in [1.54, 1.807) is 36.4 Å². The van der Waals surface area contributed by atoms with Crippen molar-refractivity contribution in [2.45, 2.75) is 19.8 Å². The Morgan fingerprint density at radius 2 is 1.76 bits per heavy atom. The predicted octanol–water partition coefficient (Wildman–Crippen LogP) is 6.67. The number of carbonyl (C=O) groups excluding carboxylic acids is 2. The number of urea groups is 1. The number of hydrogen-bond acceptors (Lipinski definition) is 5. The first-order valence-corrected chi connectivity index (χ1v) is 10.8. The van der Waals surface area contributed by atoms with Crippen LogP contribution in [0.2, 0.25) is 10.0 Å². The molecule has 0 unspecified atom stereocenters. The van der Waals surface area contributed by atoms with Crippen LogP contribution in [-0.2, 0) is 16.0 Å².